The largest absolute Gasteiger partial charge is 0.337 e. The Morgan fingerprint density at radius 3 is 2.40 bits per heavy atom. The van der Waals surface area contributed by atoms with E-state index in [-0.39, 0.29) is 11.8 Å². The van der Waals surface area contributed by atoms with Gasteiger partial charge in [0.1, 0.15) is 0 Å². The van der Waals surface area contributed by atoms with Gasteiger partial charge in [-0.2, -0.15) is 5.10 Å². The van der Waals surface area contributed by atoms with Gasteiger partial charge in [0.2, 0.25) is 5.91 Å². The van der Waals surface area contributed by atoms with E-state index in [1.807, 2.05) is 109 Å². The zero-order valence-electron chi connectivity index (χ0n) is 20.0. The summed E-state index contributed by atoms with van der Waals surface area (Å²) in [6, 6.07) is 25.7. The van der Waals surface area contributed by atoms with Crippen molar-refractivity contribution in [2.45, 2.75) is 26.3 Å². The summed E-state index contributed by atoms with van der Waals surface area (Å²) in [6.45, 7) is 2.97. The summed E-state index contributed by atoms with van der Waals surface area (Å²) in [5, 5.41) is 4.86. The lowest BCUT2D eigenvalue weighted by Crippen LogP contribution is -2.28. The number of benzene rings is 3. The number of amides is 2. The van der Waals surface area contributed by atoms with Gasteiger partial charge in [0.15, 0.2) is 0 Å². The molecule has 0 spiro atoms. The highest BCUT2D eigenvalue weighted by molar-refractivity contribution is 5.98. The first-order valence-corrected chi connectivity index (χ1v) is 11.9. The van der Waals surface area contributed by atoms with Gasteiger partial charge < -0.3 is 9.80 Å². The average molecular weight is 465 g/mol. The summed E-state index contributed by atoms with van der Waals surface area (Å²) in [6.07, 6.45) is 3.25. The zero-order chi connectivity index (χ0) is 24.4. The minimum atomic E-state index is -0.0560. The molecule has 0 fully saturated rings. The second-order valence-corrected chi connectivity index (χ2v) is 8.80. The number of hydrogen-bond acceptors (Lipinski definition) is 3. The highest BCUT2D eigenvalue weighted by Crippen LogP contribution is 2.30. The highest BCUT2D eigenvalue weighted by atomic mass is 16.2. The fourth-order valence-electron chi connectivity index (χ4n) is 4.61. The van der Waals surface area contributed by atoms with Crippen molar-refractivity contribution in [3.05, 3.63) is 102 Å². The van der Waals surface area contributed by atoms with Gasteiger partial charge in [0.05, 0.1) is 11.4 Å². The van der Waals surface area contributed by atoms with Crippen LogP contribution in [-0.4, -0.2) is 40.1 Å². The third kappa shape index (κ3) is 4.47. The van der Waals surface area contributed by atoms with Crippen LogP contribution >= 0.6 is 0 Å². The number of aromatic nitrogens is 2. The molecule has 0 unspecified atom stereocenters. The molecule has 3 aromatic carbocycles. The molecule has 176 valence electrons. The van der Waals surface area contributed by atoms with Crippen molar-refractivity contribution < 1.29 is 9.59 Å². The summed E-state index contributed by atoms with van der Waals surface area (Å²) in [5.41, 5.74) is 6.41. The third-order valence-electron chi connectivity index (χ3n) is 6.44. The van der Waals surface area contributed by atoms with Gasteiger partial charge in [0, 0.05) is 55.1 Å². The van der Waals surface area contributed by atoms with Crippen molar-refractivity contribution in [3.63, 3.8) is 0 Å². The summed E-state index contributed by atoms with van der Waals surface area (Å²) in [4.78, 5) is 29.1. The average Bonchev–Trinajstić information content (AvgIpc) is 3.53. The topological polar surface area (TPSA) is 58.4 Å². The molecule has 0 saturated carbocycles. The molecular formula is C29H28N4O2. The Labute approximate surface area is 205 Å². The number of rotatable bonds is 6. The predicted molar refractivity (Wildman–Crippen MR) is 138 cm³/mol. The summed E-state index contributed by atoms with van der Waals surface area (Å²) >= 11 is 0. The van der Waals surface area contributed by atoms with Crippen LogP contribution in [0.2, 0.25) is 0 Å². The number of para-hydroxylation sites is 1. The molecule has 4 aromatic rings. The van der Waals surface area contributed by atoms with Crippen molar-refractivity contribution in [1.82, 2.24) is 14.7 Å². The molecule has 0 radical (unpaired) electrons. The Morgan fingerprint density at radius 1 is 0.971 bits per heavy atom. The second kappa shape index (κ2) is 9.58. The number of carbonyl (C=O) groups excluding carboxylic acids is 2. The lowest BCUT2D eigenvalue weighted by molar-refractivity contribution is -0.118. The van der Waals surface area contributed by atoms with Crippen LogP contribution in [0.3, 0.4) is 0 Å². The number of anilines is 1. The fourth-order valence-corrected chi connectivity index (χ4v) is 4.61. The summed E-state index contributed by atoms with van der Waals surface area (Å²) in [7, 11) is 1.82. The first-order chi connectivity index (χ1) is 17.0. The van der Waals surface area contributed by atoms with E-state index < -0.39 is 0 Å². The van der Waals surface area contributed by atoms with Crippen LogP contribution in [0.5, 0.6) is 0 Å². The van der Waals surface area contributed by atoms with Crippen molar-refractivity contribution in [2.75, 3.05) is 18.5 Å². The van der Waals surface area contributed by atoms with Gasteiger partial charge >= 0.3 is 0 Å². The van der Waals surface area contributed by atoms with Gasteiger partial charge in [-0.1, -0.05) is 55.5 Å². The van der Waals surface area contributed by atoms with Crippen LogP contribution in [0.1, 0.15) is 34.8 Å². The maximum Gasteiger partial charge on any atom is 0.253 e. The molecule has 2 heterocycles. The Hall–Kier alpha value is -4.19. The molecule has 6 nitrogen and oxygen atoms in total. The van der Waals surface area contributed by atoms with Crippen molar-refractivity contribution in [3.8, 4) is 16.9 Å². The number of carbonyl (C=O) groups is 2. The molecule has 1 aromatic heterocycles. The monoisotopic (exact) mass is 464 g/mol. The van der Waals surface area contributed by atoms with E-state index in [4.69, 9.17) is 5.10 Å². The van der Waals surface area contributed by atoms with Gasteiger partial charge in [-0.25, -0.2) is 4.68 Å². The SMILES string of the molecule is CCC(=O)N1CCc2cc(C(=O)N(C)Cc3cn(-c4ccccc4)nc3-c3ccccc3)ccc21. The quantitative estimate of drug-likeness (QED) is 0.398. The zero-order valence-corrected chi connectivity index (χ0v) is 20.0. The molecule has 1 aliphatic heterocycles. The van der Waals surface area contributed by atoms with Gasteiger partial charge in [-0.05, 0) is 42.3 Å². The number of fused-ring (bicyclic) bond motifs is 1. The lowest BCUT2D eigenvalue weighted by atomic mass is 10.1. The minimum Gasteiger partial charge on any atom is -0.337 e. The predicted octanol–water partition coefficient (Wildman–Crippen LogP) is 5.11. The maximum atomic E-state index is 13.4. The molecule has 0 aliphatic carbocycles. The van der Waals surface area contributed by atoms with Crippen LogP contribution < -0.4 is 4.90 Å². The standard InChI is InChI=1S/C29H28N4O2/c1-3-27(34)32-17-16-22-18-23(14-15-26(22)32)29(35)31(2)19-24-20-33(25-12-8-5-9-13-25)30-28(24)21-10-6-4-7-11-21/h4-15,18,20H,3,16-17,19H2,1-2H3. The molecule has 35 heavy (non-hydrogen) atoms. The molecule has 0 saturated heterocycles. The second-order valence-electron chi connectivity index (χ2n) is 8.80. The van der Waals surface area contributed by atoms with Crippen LogP contribution in [-0.2, 0) is 17.8 Å². The van der Waals surface area contributed by atoms with E-state index in [0.717, 1.165) is 40.2 Å². The highest BCUT2D eigenvalue weighted by Gasteiger charge is 2.25. The van der Waals surface area contributed by atoms with E-state index in [9.17, 15) is 9.59 Å². The van der Waals surface area contributed by atoms with E-state index in [1.54, 1.807) is 4.90 Å². The van der Waals surface area contributed by atoms with Gasteiger partial charge in [0.25, 0.3) is 5.91 Å². The van der Waals surface area contributed by atoms with Crippen molar-refractivity contribution in [1.29, 1.82) is 0 Å². The number of nitrogens with zero attached hydrogens (tertiary/aromatic N) is 4. The van der Waals surface area contributed by atoms with Crippen LogP contribution in [0.4, 0.5) is 5.69 Å². The first kappa shape index (κ1) is 22.6. The van der Waals surface area contributed by atoms with E-state index in [1.165, 1.54) is 0 Å². The van der Waals surface area contributed by atoms with Gasteiger partial charge in [-0.3, -0.25) is 9.59 Å². The Bertz CT molecular complexity index is 1360. The van der Waals surface area contributed by atoms with Gasteiger partial charge in [-0.15, -0.1) is 0 Å². The molecule has 6 heteroatoms. The van der Waals surface area contributed by atoms with E-state index in [2.05, 4.69) is 0 Å². The smallest absolute Gasteiger partial charge is 0.253 e. The third-order valence-corrected chi connectivity index (χ3v) is 6.44. The summed E-state index contributed by atoms with van der Waals surface area (Å²) < 4.78 is 1.87. The minimum absolute atomic E-state index is 0.0560. The van der Waals surface area contributed by atoms with E-state index >= 15 is 0 Å². The van der Waals surface area contributed by atoms with Crippen LogP contribution in [0, 0.1) is 0 Å². The normalized spacial score (nSPS) is 12.5. The Kier molecular flexibility index (Phi) is 6.19. The van der Waals surface area contributed by atoms with Crippen molar-refractivity contribution in [2.24, 2.45) is 0 Å². The number of hydrogen-bond donors (Lipinski definition) is 0. The summed E-state index contributed by atoms with van der Waals surface area (Å²) in [5.74, 6) is 0.0587. The lowest BCUT2D eigenvalue weighted by Gasteiger charge is -2.19. The van der Waals surface area contributed by atoms with Crippen molar-refractivity contribution >= 4 is 17.5 Å². The molecule has 1 aliphatic rings. The molecule has 0 bridgehead atoms. The Balaban J connectivity index is 1.42. The molecule has 2 amide bonds. The molecule has 5 rings (SSSR count). The van der Waals surface area contributed by atoms with Crippen LogP contribution in [0.25, 0.3) is 16.9 Å². The fraction of sp³-hybridized carbons (Fsp3) is 0.207. The molecule has 0 N–H and O–H groups in total. The van der Waals surface area contributed by atoms with Crippen LogP contribution in [0.15, 0.2) is 85.1 Å². The Morgan fingerprint density at radius 2 is 1.69 bits per heavy atom. The first-order valence-electron chi connectivity index (χ1n) is 11.9. The maximum absolute atomic E-state index is 13.4. The molecular weight excluding hydrogens is 436 g/mol. The van der Waals surface area contributed by atoms with E-state index in [0.29, 0.717) is 25.1 Å². The molecule has 0 atom stereocenters.